The summed E-state index contributed by atoms with van der Waals surface area (Å²) < 4.78 is 40.4. The zero-order valence-electron chi connectivity index (χ0n) is 35.0. The molecule has 4 aromatic rings. The van der Waals surface area contributed by atoms with E-state index in [1.807, 2.05) is 0 Å². The number of hydrogen-bond acceptors (Lipinski definition) is 24. The first-order chi connectivity index (χ1) is 32.7. The average molecular weight is 965 g/mol. The minimum Gasteiger partial charge on any atom is -0.462 e. The predicted molar refractivity (Wildman–Crippen MR) is 220 cm³/mol. The van der Waals surface area contributed by atoms with Crippen molar-refractivity contribution in [3.05, 3.63) is 160 Å². The summed E-state index contributed by atoms with van der Waals surface area (Å²) in [5.41, 5.74) is -4.49. The third-order valence-corrected chi connectivity index (χ3v) is 8.70. The number of ether oxygens (including phenoxy) is 8. The number of rotatable bonds is 24. The minimum absolute atomic E-state index is 0.216. The highest BCUT2D eigenvalue weighted by molar-refractivity contribution is 5.93. The van der Waals surface area contributed by atoms with Gasteiger partial charge in [0.15, 0.2) is 26.4 Å². The molecule has 4 aromatic carbocycles. The van der Waals surface area contributed by atoms with E-state index in [9.17, 15) is 78.8 Å². The molecule has 69 heavy (non-hydrogen) atoms. The Bertz CT molecular complexity index is 2250. The van der Waals surface area contributed by atoms with Gasteiger partial charge in [0.05, 0.1) is 41.9 Å². The number of nitrogens with zero attached hydrogens (tertiary/aromatic N) is 4. The molecule has 0 amide bonds. The third kappa shape index (κ3) is 16.3. The van der Waals surface area contributed by atoms with Crippen LogP contribution in [-0.4, -0.2) is 120 Å². The van der Waals surface area contributed by atoms with Crippen molar-refractivity contribution in [3.8, 4) is 0 Å². The minimum atomic E-state index is -2.17. The van der Waals surface area contributed by atoms with E-state index in [2.05, 4.69) is 0 Å². The van der Waals surface area contributed by atoms with Crippen molar-refractivity contribution in [2.45, 2.75) is 0 Å². The van der Waals surface area contributed by atoms with Crippen LogP contribution >= 0.6 is 0 Å². The number of carbonyl (C=O) groups is 8. The second kappa shape index (κ2) is 24.5. The monoisotopic (exact) mass is 964 g/mol. The summed E-state index contributed by atoms with van der Waals surface area (Å²) in [6.45, 7) is -8.65. The van der Waals surface area contributed by atoms with Crippen LogP contribution in [0.15, 0.2) is 97.1 Å². The number of esters is 8. The summed E-state index contributed by atoms with van der Waals surface area (Å²) in [6, 6.07) is 16.1. The quantitative estimate of drug-likeness (QED) is 0.0421. The lowest BCUT2D eigenvalue weighted by molar-refractivity contribution is -0.385. The maximum atomic E-state index is 12.9. The molecule has 0 atom stereocenters. The van der Waals surface area contributed by atoms with E-state index in [4.69, 9.17) is 37.9 Å². The van der Waals surface area contributed by atoms with Crippen LogP contribution in [-0.2, 0) is 57.1 Å². The first-order valence-corrected chi connectivity index (χ1v) is 19.0. The molecule has 0 radical (unpaired) electrons. The normalized spacial score (nSPS) is 10.6. The van der Waals surface area contributed by atoms with Crippen molar-refractivity contribution in [2.24, 2.45) is 5.41 Å². The molecule has 0 fully saturated rings. The fourth-order valence-electron chi connectivity index (χ4n) is 5.06. The van der Waals surface area contributed by atoms with Gasteiger partial charge in [-0.15, -0.1) is 0 Å². The van der Waals surface area contributed by atoms with Gasteiger partial charge in [0.25, 0.3) is 22.7 Å². The van der Waals surface area contributed by atoms with Gasteiger partial charge in [-0.25, -0.2) is 38.4 Å². The lowest BCUT2D eigenvalue weighted by atomic mass is 9.92. The van der Waals surface area contributed by atoms with E-state index < -0.39 is 126 Å². The van der Waals surface area contributed by atoms with Gasteiger partial charge in [0.2, 0.25) is 0 Å². The van der Waals surface area contributed by atoms with Crippen LogP contribution in [0.5, 0.6) is 0 Å². The molecule has 0 aromatic heterocycles. The fraction of sp³-hybridized carbons (Fsp3) is 0.220. The number of hydrogen-bond donors (Lipinski definition) is 0. The molecule has 0 aliphatic carbocycles. The molecule has 0 spiro atoms. The molecule has 28 heteroatoms. The summed E-state index contributed by atoms with van der Waals surface area (Å²) in [5.74, 6) is -9.87. The molecule has 0 aliphatic heterocycles. The Hall–Kier alpha value is -9.76. The van der Waals surface area contributed by atoms with Gasteiger partial charge in [0, 0.05) is 48.5 Å². The van der Waals surface area contributed by atoms with Gasteiger partial charge in [-0.3, -0.25) is 40.5 Å². The van der Waals surface area contributed by atoms with Crippen LogP contribution in [0.3, 0.4) is 0 Å². The molecule has 4 rings (SSSR count). The summed E-state index contributed by atoms with van der Waals surface area (Å²) in [4.78, 5) is 143. The molecule has 0 saturated heterocycles. The van der Waals surface area contributed by atoms with Crippen molar-refractivity contribution in [1.82, 2.24) is 0 Å². The highest BCUT2D eigenvalue weighted by Crippen LogP contribution is 2.23. The molecule has 0 bridgehead atoms. The average Bonchev–Trinajstić information content (AvgIpc) is 3.35. The van der Waals surface area contributed by atoms with Gasteiger partial charge < -0.3 is 37.9 Å². The molecular weight excluding hydrogens is 932 g/mol. The van der Waals surface area contributed by atoms with E-state index >= 15 is 0 Å². The molecule has 0 unspecified atom stereocenters. The Labute approximate surface area is 384 Å². The van der Waals surface area contributed by atoms with Crippen LogP contribution < -0.4 is 0 Å². The molecule has 360 valence electrons. The molecule has 0 heterocycles. The van der Waals surface area contributed by atoms with E-state index in [1.165, 1.54) is 0 Å². The Morgan fingerprint density at radius 3 is 0.652 bits per heavy atom. The van der Waals surface area contributed by atoms with E-state index in [-0.39, 0.29) is 45.0 Å². The molecule has 0 saturated carbocycles. The number of nitro groups is 4. The second-order valence-corrected chi connectivity index (χ2v) is 13.7. The topological polar surface area (TPSA) is 383 Å². The van der Waals surface area contributed by atoms with Crippen LogP contribution in [0.25, 0.3) is 0 Å². The largest absolute Gasteiger partial charge is 0.462 e. The van der Waals surface area contributed by atoms with Crippen LogP contribution in [0.4, 0.5) is 22.7 Å². The Balaban J connectivity index is 1.52. The zero-order valence-corrected chi connectivity index (χ0v) is 35.0. The second-order valence-electron chi connectivity index (χ2n) is 13.7. The molecule has 0 aliphatic rings. The highest BCUT2D eigenvalue weighted by Gasteiger charge is 2.39. The summed E-state index contributed by atoms with van der Waals surface area (Å²) in [6.07, 6.45) is 0. The summed E-state index contributed by atoms with van der Waals surface area (Å²) >= 11 is 0. The maximum Gasteiger partial charge on any atom is 0.344 e. The van der Waals surface area contributed by atoms with Crippen LogP contribution in [0.2, 0.25) is 0 Å². The number of carbonyl (C=O) groups excluding carboxylic acids is 8. The maximum absolute atomic E-state index is 12.9. The zero-order chi connectivity index (χ0) is 50.7. The Kier molecular flexibility index (Phi) is 18.4. The van der Waals surface area contributed by atoms with Gasteiger partial charge in [0.1, 0.15) is 31.8 Å². The molecule has 28 nitrogen and oxygen atoms in total. The smallest absolute Gasteiger partial charge is 0.344 e. The first-order valence-electron chi connectivity index (χ1n) is 19.0. The lowest BCUT2D eigenvalue weighted by Gasteiger charge is -2.31. The SMILES string of the molecule is O=C(COC(=O)c1ccc([N+](=O)[O-])cc1)OCC(COC(=O)COC(=O)c1ccc([N+](=O)[O-])cc1)(COC(=O)COC(=O)c1ccc([N+](=O)[O-])cc1)COC(=O)COC(=O)c1ccc([N+](=O)[O-])cc1. The van der Waals surface area contributed by atoms with Crippen molar-refractivity contribution in [2.75, 3.05) is 52.9 Å². The van der Waals surface area contributed by atoms with E-state index in [0.29, 0.717) is 0 Å². The van der Waals surface area contributed by atoms with E-state index in [1.54, 1.807) is 0 Å². The van der Waals surface area contributed by atoms with Gasteiger partial charge in [-0.1, -0.05) is 0 Å². The van der Waals surface area contributed by atoms with Gasteiger partial charge in [-0.2, -0.15) is 0 Å². The highest BCUT2D eigenvalue weighted by atomic mass is 16.7. The van der Waals surface area contributed by atoms with Crippen molar-refractivity contribution in [1.29, 1.82) is 0 Å². The van der Waals surface area contributed by atoms with Crippen LogP contribution in [0, 0.1) is 45.9 Å². The number of non-ortho nitro benzene ring substituents is 4. The molecular formula is C41H32N4O24. The molecule has 0 N–H and O–H groups in total. The van der Waals surface area contributed by atoms with Gasteiger partial charge >= 0.3 is 47.8 Å². The number of nitro benzene ring substituents is 4. The Morgan fingerprint density at radius 1 is 0.319 bits per heavy atom. The summed E-state index contributed by atoms with van der Waals surface area (Å²) in [7, 11) is 0. The van der Waals surface area contributed by atoms with Crippen molar-refractivity contribution >= 4 is 70.5 Å². The summed E-state index contributed by atoms with van der Waals surface area (Å²) in [5, 5.41) is 43.8. The standard InChI is InChI=1S/C41H32N4O24/c46-33(17-62-37(50)25-1-9-29(10-2-25)42(54)55)66-21-41(22-67-34(47)18-63-38(51)26-3-11-30(12-4-26)43(56)57,23-68-35(48)19-64-39(52)27-5-13-31(14-6-27)44(58)59)24-69-36(49)20-65-40(53)28-7-15-32(16-8-28)45(60)61/h1-16H,17-24H2. The Morgan fingerprint density at radius 2 is 0.493 bits per heavy atom. The third-order valence-electron chi connectivity index (χ3n) is 8.70. The van der Waals surface area contributed by atoms with Crippen LogP contribution in [0.1, 0.15) is 41.4 Å². The van der Waals surface area contributed by atoms with Crippen molar-refractivity contribution < 1.29 is 95.9 Å². The number of benzene rings is 4. The van der Waals surface area contributed by atoms with Crippen molar-refractivity contribution in [3.63, 3.8) is 0 Å². The van der Waals surface area contributed by atoms with E-state index in [0.717, 1.165) is 97.1 Å². The van der Waals surface area contributed by atoms with Gasteiger partial charge in [-0.05, 0) is 48.5 Å². The lowest BCUT2D eigenvalue weighted by Crippen LogP contribution is -2.45. The predicted octanol–water partition coefficient (Wildman–Crippen LogP) is 3.21. The fourth-order valence-corrected chi connectivity index (χ4v) is 5.06. The first kappa shape index (κ1) is 51.9.